The van der Waals surface area contributed by atoms with E-state index >= 15 is 0 Å². The van der Waals surface area contributed by atoms with Crippen LogP contribution >= 0.6 is 11.3 Å². The molecule has 5 rings (SSSR count). The molecule has 0 aliphatic carbocycles. The highest BCUT2D eigenvalue weighted by atomic mass is 32.1. The summed E-state index contributed by atoms with van der Waals surface area (Å²) in [5, 5.41) is 6.53. The smallest absolute Gasteiger partial charge is 0.251 e. The number of nitrogens with one attached hydrogen (secondary N) is 1. The molecule has 1 aromatic carbocycles. The zero-order valence-corrected chi connectivity index (χ0v) is 13.0. The number of hydrogen-bond donors (Lipinski definition) is 1. The Bertz CT molecular complexity index is 670. The van der Waals surface area contributed by atoms with E-state index in [-0.39, 0.29) is 5.91 Å². The highest BCUT2D eigenvalue weighted by Gasteiger charge is 2.40. The van der Waals surface area contributed by atoms with Gasteiger partial charge in [-0.2, -0.15) is 0 Å². The van der Waals surface area contributed by atoms with Gasteiger partial charge in [0, 0.05) is 22.3 Å². The summed E-state index contributed by atoms with van der Waals surface area (Å²) in [4.78, 5) is 15.1. The van der Waals surface area contributed by atoms with Crippen molar-refractivity contribution in [3.63, 3.8) is 0 Å². The van der Waals surface area contributed by atoms with Gasteiger partial charge in [0.15, 0.2) is 0 Å². The highest BCUT2D eigenvalue weighted by molar-refractivity contribution is 7.17. The molecule has 1 amide bonds. The van der Waals surface area contributed by atoms with Gasteiger partial charge in [-0.1, -0.05) is 0 Å². The molecular formula is C17H20N2OS. The van der Waals surface area contributed by atoms with Gasteiger partial charge in [0.25, 0.3) is 5.91 Å². The number of carbonyl (C=O) groups is 1. The molecule has 2 atom stereocenters. The Kier molecular flexibility index (Phi) is 3.23. The first kappa shape index (κ1) is 13.3. The van der Waals surface area contributed by atoms with Crippen LogP contribution < -0.4 is 5.32 Å². The van der Waals surface area contributed by atoms with E-state index in [2.05, 4.69) is 34.7 Å². The lowest BCUT2D eigenvalue weighted by atomic mass is 9.79. The summed E-state index contributed by atoms with van der Waals surface area (Å²) in [6.45, 7) is 4.64. The SMILES string of the molecule is C[C@H]1[C@H](NC(=O)c2ccc3sccc3c2)C2CCN1CC2. The molecule has 1 aromatic heterocycles. The number of fused-ring (bicyclic) bond motifs is 4. The lowest BCUT2D eigenvalue weighted by Crippen LogP contribution is -2.62. The van der Waals surface area contributed by atoms with E-state index in [9.17, 15) is 4.79 Å². The first-order chi connectivity index (χ1) is 10.2. The van der Waals surface area contributed by atoms with Gasteiger partial charge in [-0.3, -0.25) is 9.69 Å². The van der Waals surface area contributed by atoms with Crippen molar-refractivity contribution in [2.24, 2.45) is 5.92 Å². The summed E-state index contributed by atoms with van der Waals surface area (Å²) in [5.74, 6) is 0.729. The first-order valence-electron chi connectivity index (χ1n) is 7.74. The number of nitrogens with zero attached hydrogens (tertiary/aromatic N) is 1. The van der Waals surface area contributed by atoms with Crippen LogP contribution in [0.3, 0.4) is 0 Å². The van der Waals surface area contributed by atoms with Crippen LogP contribution in [0, 0.1) is 5.92 Å². The Morgan fingerprint density at radius 1 is 1.29 bits per heavy atom. The van der Waals surface area contributed by atoms with Gasteiger partial charge < -0.3 is 5.32 Å². The molecule has 4 heteroatoms. The van der Waals surface area contributed by atoms with E-state index in [0.717, 1.165) is 10.9 Å². The fourth-order valence-electron chi connectivity index (χ4n) is 3.89. The van der Waals surface area contributed by atoms with E-state index < -0.39 is 0 Å². The molecule has 3 saturated heterocycles. The highest BCUT2D eigenvalue weighted by Crippen LogP contribution is 2.32. The van der Waals surface area contributed by atoms with Gasteiger partial charge in [0.2, 0.25) is 0 Å². The average molecular weight is 300 g/mol. The molecule has 3 fully saturated rings. The summed E-state index contributed by atoms with van der Waals surface area (Å²) >= 11 is 1.72. The van der Waals surface area contributed by atoms with Crippen molar-refractivity contribution in [2.45, 2.75) is 31.8 Å². The van der Waals surface area contributed by atoms with Crippen molar-refractivity contribution in [1.29, 1.82) is 0 Å². The van der Waals surface area contributed by atoms with Crippen molar-refractivity contribution >= 4 is 27.3 Å². The van der Waals surface area contributed by atoms with Crippen LogP contribution in [0.5, 0.6) is 0 Å². The van der Waals surface area contributed by atoms with Gasteiger partial charge >= 0.3 is 0 Å². The molecule has 21 heavy (non-hydrogen) atoms. The minimum absolute atomic E-state index is 0.0775. The van der Waals surface area contributed by atoms with Gasteiger partial charge in [-0.05, 0) is 73.8 Å². The van der Waals surface area contributed by atoms with Crippen LogP contribution in [0.2, 0.25) is 0 Å². The molecule has 3 aliphatic heterocycles. The topological polar surface area (TPSA) is 32.3 Å². The second kappa shape index (κ2) is 5.11. The summed E-state index contributed by atoms with van der Waals surface area (Å²) in [7, 11) is 0. The minimum Gasteiger partial charge on any atom is -0.347 e. The molecule has 0 unspecified atom stereocenters. The zero-order valence-electron chi connectivity index (χ0n) is 12.2. The number of carbonyl (C=O) groups excluding carboxylic acids is 1. The lowest BCUT2D eigenvalue weighted by molar-refractivity contribution is 0.0217. The fourth-order valence-corrected chi connectivity index (χ4v) is 4.66. The predicted octanol–water partition coefficient (Wildman–Crippen LogP) is 3.11. The van der Waals surface area contributed by atoms with Crippen molar-refractivity contribution in [1.82, 2.24) is 10.2 Å². The monoisotopic (exact) mass is 300 g/mol. The zero-order chi connectivity index (χ0) is 14.4. The molecule has 1 N–H and O–H groups in total. The Morgan fingerprint density at radius 3 is 2.86 bits per heavy atom. The van der Waals surface area contributed by atoms with Crippen molar-refractivity contribution in [2.75, 3.05) is 13.1 Å². The molecule has 0 radical (unpaired) electrons. The Labute approximate surface area is 128 Å². The van der Waals surface area contributed by atoms with E-state index in [1.807, 2.05) is 12.1 Å². The predicted molar refractivity (Wildman–Crippen MR) is 86.8 cm³/mol. The van der Waals surface area contributed by atoms with Crippen LogP contribution in [0.25, 0.3) is 10.1 Å². The Balaban J connectivity index is 1.54. The van der Waals surface area contributed by atoms with Crippen LogP contribution in [-0.4, -0.2) is 36.0 Å². The maximum atomic E-state index is 12.6. The summed E-state index contributed by atoms with van der Waals surface area (Å²) in [5.41, 5.74) is 0.782. The second-order valence-electron chi connectivity index (χ2n) is 6.29. The Hall–Kier alpha value is -1.39. The van der Waals surface area contributed by atoms with Crippen LogP contribution in [0.4, 0.5) is 0 Å². The molecule has 3 aliphatic rings. The minimum atomic E-state index is 0.0775. The van der Waals surface area contributed by atoms with Gasteiger partial charge in [0.05, 0.1) is 0 Å². The number of piperidine rings is 3. The maximum absolute atomic E-state index is 12.6. The summed E-state index contributed by atoms with van der Waals surface area (Å²) in [6, 6.07) is 8.85. The molecule has 3 nitrogen and oxygen atoms in total. The van der Waals surface area contributed by atoms with Crippen molar-refractivity contribution in [3.8, 4) is 0 Å². The number of rotatable bonds is 2. The first-order valence-corrected chi connectivity index (χ1v) is 8.62. The average Bonchev–Trinajstić information content (AvgIpc) is 2.98. The molecule has 0 saturated carbocycles. The third-order valence-corrected chi connectivity index (χ3v) is 6.09. The number of benzene rings is 1. The summed E-state index contributed by atoms with van der Waals surface area (Å²) < 4.78 is 1.24. The number of hydrogen-bond acceptors (Lipinski definition) is 3. The second-order valence-corrected chi connectivity index (χ2v) is 7.23. The Morgan fingerprint density at radius 2 is 2.10 bits per heavy atom. The van der Waals surface area contributed by atoms with E-state index in [1.165, 1.54) is 30.6 Å². The van der Waals surface area contributed by atoms with E-state index in [1.54, 1.807) is 11.3 Å². The molecular weight excluding hydrogens is 280 g/mol. The molecule has 2 bridgehead atoms. The van der Waals surface area contributed by atoms with E-state index in [0.29, 0.717) is 18.0 Å². The fraction of sp³-hybridized carbons (Fsp3) is 0.471. The van der Waals surface area contributed by atoms with Crippen molar-refractivity contribution < 1.29 is 4.79 Å². The van der Waals surface area contributed by atoms with E-state index in [4.69, 9.17) is 0 Å². The molecule has 110 valence electrons. The van der Waals surface area contributed by atoms with Gasteiger partial charge in [0.1, 0.15) is 0 Å². The standard InChI is InChI=1S/C17H20N2OS/c1-11-16(12-4-7-19(11)8-5-12)18-17(20)14-2-3-15-13(10-14)6-9-21-15/h2-3,6,9-12,16H,4-5,7-8H2,1H3,(H,18,20)/t11-,16-/m0/s1. The van der Waals surface area contributed by atoms with Crippen LogP contribution in [0.1, 0.15) is 30.1 Å². The number of amides is 1. The van der Waals surface area contributed by atoms with Crippen LogP contribution in [0.15, 0.2) is 29.6 Å². The third-order valence-electron chi connectivity index (χ3n) is 5.19. The number of thiophene rings is 1. The largest absolute Gasteiger partial charge is 0.347 e. The maximum Gasteiger partial charge on any atom is 0.251 e. The molecule has 2 aromatic rings. The normalized spacial score (nSPS) is 31.5. The van der Waals surface area contributed by atoms with Gasteiger partial charge in [-0.15, -0.1) is 11.3 Å². The summed E-state index contributed by atoms with van der Waals surface area (Å²) in [6.07, 6.45) is 2.44. The quantitative estimate of drug-likeness (QED) is 0.924. The van der Waals surface area contributed by atoms with Crippen molar-refractivity contribution in [3.05, 3.63) is 35.2 Å². The van der Waals surface area contributed by atoms with Gasteiger partial charge in [-0.25, -0.2) is 0 Å². The lowest BCUT2D eigenvalue weighted by Gasteiger charge is -2.49. The van der Waals surface area contributed by atoms with Crippen LogP contribution in [-0.2, 0) is 0 Å². The molecule has 4 heterocycles. The molecule has 0 spiro atoms. The third kappa shape index (κ3) is 2.27.